The molecule has 1 saturated heterocycles. The number of phenols is 1. The Labute approximate surface area is 117 Å². The summed E-state index contributed by atoms with van der Waals surface area (Å²) >= 11 is 5.76. The normalized spacial score (nSPS) is 35.3. The van der Waals surface area contributed by atoms with Crippen LogP contribution in [-0.4, -0.2) is 33.6 Å². The number of aromatic hydroxyl groups is 1. The Hall–Kier alpha value is -0.810. The van der Waals surface area contributed by atoms with Crippen molar-refractivity contribution in [2.75, 3.05) is 0 Å². The molecule has 106 valence electrons. The zero-order chi connectivity index (χ0) is 14.2. The van der Waals surface area contributed by atoms with Crippen LogP contribution < -0.4 is 0 Å². The average molecular weight is 287 g/mol. The predicted octanol–water partition coefficient (Wildman–Crippen LogP) is 2.25. The number of ether oxygens (including phenoxy) is 1. The number of rotatable bonds is 2. The van der Waals surface area contributed by atoms with E-state index in [1.54, 1.807) is 12.1 Å². The fourth-order valence-corrected chi connectivity index (χ4v) is 2.67. The minimum absolute atomic E-state index is 0.0591. The molecule has 5 heteroatoms. The molecule has 1 fully saturated rings. The number of hydrogen-bond donors (Lipinski definition) is 3. The molecule has 0 spiro atoms. The van der Waals surface area contributed by atoms with Gasteiger partial charge in [-0.1, -0.05) is 31.5 Å². The largest absolute Gasteiger partial charge is 0.506 e. The molecule has 4 nitrogen and oxygen atoms in total. The summed E-state index contributed by atoms with van der Waals surface area (Å²) in [4.78, 5) is 0. The maximum Gasteiger partial charge on any atom is 0.134 e. The highest BCUT2D eigenvalue weighted by atomic mass is 35.5. The molecule has 0 unspecified atom stereocenters. The van der Waals surface area contributed by atoms with Crippen LogP contribution in [0.5, 0.6) is 5.75 Å². The summed E-state index contributed by atoms with van der Waals surface area (Å²) in [5, 5.41) is 30.1. The molecule has 0 radical (unpaired) electrons. The second-order valence-corrected chi connectivity index (χ2v) is 5.46. The predicted molar refractivity (Wildman–Crippen MR) is 72.2 cm³/mol. The molecule has 1 aromatic carbocycles. The van der Waals surface area contributed by atoms with Crippen molar-refractivity contribution in [3.8, 4) is 5.75 Å². The van der Waals surface area contributed by atoms with E-state index in [4.69, 9.17) is 16.3 Å². The van der Waals surface area contributed by atoms with Crippen molar-refractivity contribution >= 4 is 11.6 Å². The van der Waals surface area contributed by atoms with Crippen LogP contribution in [0.4, 0.5) is 0 Å². The van der Waals surface area contributed by atoms with Gasteiger partial charge in [0.1, 0.15) is 18.0 Å². The second kappa shape index (κ2) is 5.67. The van der Waals surface area contributed by atoms with Gasteiger partial charge in [0, 0.05) is 5.92 Å². The Bertz CT molecular complexity index is 449. The summed E-state index contributed by atoms with van der Waals surface area (Å²) in [5.74, 6) is -0.187. The van der Waals surface area contributed by atoms with Crippen LogP contribution in [0, 0.1) is 5.92 Å². The summed E-state index contributed by atoms with van der Waals surface area (Å²) in [6.07, 6.45) is -1.89. The van der Waals surface area contributed by atoms with Crippen molar-refractivity contribution < 1.29 is 20.1 Å². The quantitative estimate of drug-likeness (QED) is 0.780. The lowest BCUT2D eigenvalue weighted by Gasteiger charge is -2.41. The van der Waals surface area contributed by atoms with Gasteiger partial charge in [-0.3, -0.25) is 0 Å². The lowest BCUT2D eigenvalue weighted by atomic mass is 9.85. The summed E-state index contributed by atoms with van der Waals surface area (Å²) in [6, 6.07) is 4.70. The summed E-state index contributed by atoms with van der Waals surface area (Å²) < 4.78 is 5.85. The van der Waals surface area contributed by atoms with E-state index in [2.05, 4.69) is 0 Å². The van der Waals surface area contributed by atoms with Gasteiger partial charge in [-0.15, -0.1) is 0 Å². The summed E-state index contributed by atoms with van der Waals surface area (Å²) in [5.41, 5.74) is 0.610. The Morgan fingerprint density at radius 3 is 2.53 bits per heavy atom. The molecule has 0 saturated carbocycles. The lowest BCUT2D eigenvalue weighted by Crippen LogP contribution is -2.49. The molecule has 19 heavy (non-hydrogen) atoms. The minimum atomic E-state index is -1.02. The van der Waals surface area contributed by atoms with Gasteiger partial charge in [0.2, 0.25) is 0 Å². The van der Waals surface area contributed by atoms with Gasteiger partial charge >= 0.3 is 0 Å². The van der Waals surface area contributed by atoms with Crippen LogP contribution in [0.2, 0.25) is 5.02 Å². The first kappa shape index (κ1) is 14.6. The highest BCUT2D eigenvalue weighted by Crippen LogP contribution is 2.38. The maximum atomic E-state index is 10.1. The molecule has 1 heterocycles. The van der Waals surface area contributed by atoms with Crippen molar-refractivity contribution in [1.29, 1.82) is 0 Å². The number of hydrogen-bond acceptors (Lipinski definition) is 4. The molecule has 0 aromatic heterocycles. The van der Waals surface area contributed by atoms with Crippen LogP contribution in [-0.2, 0) is 4.74 Å². The zero-order valence-corrected chi connectivity index (χ0v) is 11.7. The highest BCUT2D eigenvalue weighted by molar-refractivity contribution is 6.32. The standard InChI is InChI=1S/C14H19ClO4/c1-3-11-7(2)12(17)13(18)14(19-11)8-4-5-9(15)10(16)6-8/h4-7,11-14,16-18H,3H2,1-2H3/t7-,11-,12+,13+,14-/m1/s1. The van der Waals surface area contributed by atoms with Crippen LogP contribution in [0.3, 0.4) is 0 Å². The summed E-state index contributed by atoms with van der Waals surface area (Å²) in [7, 11) is 0. The molecule has 0 bridgehead atoms. The van der Waals surface area contributed by atoms with E-state index < -0.39 is 18.3 Å². The van der Waals surface area contributed by atoms with Gasteiger partial charge in [0.05, 0.1) is 17.2 Å². The maximum absolute atomic E-state index is 10.1. The average Bonchev–Trinajstić information content (AvgIpc) is 2.40. The fraction of sp³-hybridized carbons (Fsp3) is 0.571. The molecule has 0 aliphatic carbocycles. The molecule has 1 aliphatic heterocycles. The SMILES string of the molecule is CC[C@H]1O[C@H](c2ccc(Cl)c(O)c2)[C@@H](O)[C@@H](O)[C@@H]1C. The van der Waals surface area contributed by atoms with E-state index in [1.807, 2.05) is 13.8 Å². The van der Waals surface area contributed by atoms with E-state index in [1.165, 1.54) is 6.07 Å². The van der Waals surface area contributed by atoms with Gasteiger partial charge in [-0.2, -0.15) is 0 Å². The number of aliphatic hydroxyl groups excluding tert-OH is 2. The van der Waals surface area contributed by atoms with Crippen LogP contribution >= 0.6 is 11.6 Å². The second-order valence-electron chi connectivity index (χ2n) is 5.05. The van der Waals surface area contributed by atoms with Crippen LogP contribution in [0.15, 0.2) is 18.2 Å². The van der Waals surface area contributed by atoms with E-state index >= 15 is 0 Å². The van der Waals surface area contributed by atoms with Crippen molar-refractivity contribution in [1.82, 2.24) is 0 Å². The molecule has 0 amide bonds. The Kier molecular flexibility index (Phi) is 4.36. The number of aliphatic hydroxyl groups is 2. The third kappa shape index (κ3) is 2.72. The number of benzene rings is 1. The fourth-order valence-electron chi connectivity index (χ4n) is 2.55. The van der Waals surface area contributed by atoms with Gasteiger partial charge in [-0.05, 0) is 24.1 Å². The first-order valence-corrected chi connectivity index (χ1v) is 6.83. The van der Waals surface area contributed by atoms with Crippen molar-refractivity contribution in [3.63, 3.8) is 0 Å². The van der Waals surface area contributed by atoms with E-state index in [0.29, 0.717) is 5.56 Å². The first-order valence-electron chi connectivity index (χ1n) is 6.45. The molecule has 1 aliphatic rings. The van der Waals surface area contributed by atoms with Crippen LogP contribution in [0.1, 0.15) is 31.9 Å². The molecule has 5 atom stereocenters. The van der Waals surface area contributed by atoms with Gasteiger partial charge in [-0.25, -0.2) is 0 Å². The van der Waals surface area contributed by atoms with Gasteiger partial charge in [0.25, 0.3) is 0 Å². The third-order valence-electron chi connectivity index (χ3n) is 3.81. The van der Waals surface area contributed by atoms with Gasteiger partial charge in [0.15, 0.2) is 0 Å². The number of halogens is 1. The molecule has 3 N–H and O–H groups in total. The van der Waals surface area contributed by atoms with E-state index in [0.717, 1.165) is 6.42 Å². The topological polar surface area (TPSA) is 69.9 Å². The van der Waals surface area contributed by atoms with E-state index in [9.17, 15) is 15.3 Å². The third-order valence-corrected chi connectivity index (χ3v) is 4.13. The smallest absolute Gasteiger partial charge is 0.134 e. The Morgan fingerprint density at radius 2 is 1.95 bits per heavy atom. The molecule has 1 aromatic rings. The molecular weight excluding hydrogens is 268 g/mol. The zero-order valence-electron chi connectivity index (χ0n) is 11.0. The van der Waals surface area contributed by atoms with Crippen molar-refractivity contribution in [3.05, 3.63) is 28.8 Å². The summed E-state index contributed by atoms with van der Waals surface area (Å²) in [6.45, 7) is 3.83. The molecule has 2 rings (SSSR count). The first-order chi connectivity index (χ1) is 8.95. The van der Waals surface area contributed by atoms with Gasteiger partial charge < -0.3 is 20.1 Å². The van der Waals surface area contributed by atoms with Crippen LogP contribution in [0.25, 0.3) is 0 Å². The highest BCUT2D eigenvalue weighted by Gasteiger charge is 2.42. The van der Waals surface area contributed by atoms with Crippen molar-refractivity contribution in [2.24, 2.45) is 5.92 Å². The minimum Gasteiger partial charge on any atom is -0.506 e. The Morgan fingerprint density at radius 1 is 1.26 bits per heavy atom. The number of phenolic OH excluding ortho intramolecular Hbond substituents is 1. The molecular formula is C14H19ClO4. The monoisotopic (exact) mass is 286 g/mol. The lowest BCUT2D eigenvalue weighted by molar-refractivity contribution is -0.199. The van der Waals surface area contributed by atoms with E-state index in [-0.39, 0.29) is 22.8 Å². The van der Waals surface area contributed by atoms with Crippen molar-refractivity contribution in [2.45, 2.75) is 44.7 Å². The Balaban J connectivity index is 2.29.